The lowest BCUT2D eigenvalue weighted by Crippen LogP contribution is -2.53. The molecule has 4 atom stereocenters. The summed E-state index contributed by atoms with van der Waals surface area (Å²) < 4.78 is 0. The SMILES string of the molecule is CCCCc1ccc(N2C(=O)[C@@H]3[C@@H](C2=O)[C@]2(N[C@@H]3CC(N)=O)C(=O)Nc3ccc(Cl)cc32)cc1. The molecule has 8 nitrogen and oxygen atoms in total. The van der Waals surface area contributed by atoms with Crippen LogP contribution in [0.15, 0.2) is 42.5 Å². The molecule has 0 saturated carbocycles. The maximum absolute atomic E-state index is 13.8. The maximum Gasteiger partial charge on any atom is 0.250 e. The van der Waals surface area contributed by atoms with E-state index in [0.717, 1.165) is 29.7 Å². The molecule has 176 valence electrons. The van der Waals surface area contributed by atoms with Crippen LogP contribution in [0.3, 0.4) is 0 Å². The van der Waals surface area contributed by atoms with Gasteiger partial charge in [-0.05, 0) is 48.7 Å². The minimum Gasteiger partial charge on any atom is -0.370 e. The Bertz CT molecular complexity index is 1210. The number of hydrogen-bond donors (Lipinski definition) is 3. The normalized spacial score (nSPS) is 27.3. The topological polar surface area (TPSA) is 122 Å². The molecule has 0 aliphatic carbocycles. The van der Waals surface area contributed by atoms with Crippen LogP contribution in [0.25, 0.3) is 0 Å². The van der Waals surface area contributed by atoms with E-state index in [1.54, 1.807) is 30.3 Å². The summed E-state index contributed by atoms with van der Waals surface area (Å²) in [6.07, 6.45) is 2.84. The Kier molecular flexibility index (Phi) is 5.45. The number of anilines is 2. The van der Waals surface area contributed by atoms with Gasteiger partial charge in [0.05, 0.1) is 17.5 Å². The lowest BCUT2D eigenvalue weighted by molar-refractivity contribution is -0.130. The highest BCUT2D eigenvalue weighted by Crippen LogP contribution is 2.54. The summed E-state index contributed by atoms with van der Waals surface area (Å²) in [5.41, 5.74) is 6.52. The fourth-order valence-electron chi connectivity index (χ4n) is 5.61. The number of halogens is 1. The van der Waals surface area contributed by atoms with E-state index in [1.165, 1.54) is 0 Å². The summed E-state index contributed by atoms with van der Waals surface area (Å²) in [5, 5.41) is 6.35. The van der Waals surface area contributed by atoms with Gasteiger partial charge >= 0.3 is 0 Å². The molecule has 9 heteroatoms. The second-order valence-corrected chi connectivity index (χ2v) is 9.60. The molecule has 4 N–H and O–H groups in total. The second kappa shape index (κ2) is 8.21. The van der Waals surface area contributed by atoms with E-state index in [2.05, 4.69) is 17.6 Å². The van der Waals surface area contributed by atoms with Crippen molar-refractivity contribution in [2.75, 3.05) is 10.2 Å². The third-order valence-corrected chi connectivity index (χ3v) is 7.35. The molecule has 3 aliphatic rings. The van der Waals surface area contributed by atoms with Crippen molar-refractivity contribution in [1.29, 1.82) is 0 Å². The molecule has 3 aliphatic heterocycles. The number of hydrogen-bond acceptors (Lipinski definition) is 5. The van der Waals surface area contributed by atoms with Crippen molar-refractivity contribution in [3.63, 3.8) is 0 Å². The third kappa shape index (κ3) is 3.24. The van der Waals surface area contributed by atoms with Crippen LogP contribution in [-0.2, 0) is 31.1 Å². The minimum absolute atomic E-state index is 0.186. The second-order valence-electron chi connectivity index (χ2n) is 9.16. The zero-order valence-electron chi connectivity index (χ0n) is 18.6. The van der Waals surface area contributed by atoms with Gasteiger partial charge in [-0.15, -0.1) is 0 Å². The van der Waals surface area contributed by atoms with Crippen molar-refractivity contribution >= 4 is 46.6 Å². The first-order valence-electron chi connectivity index (χ1n) is 11.4. The zero-order chi connectivity index (χ0) is 24.2. The number of aryl methyl sites for hydroxylation is 1. The summed E-state index contributed by atoms with van der Waals surface area (Å²) >= 11 is 6.23. The van der Waals surface area contributed by atoms with Crippen LogP contribution in [0.1, 0.15) is 37.3 Å². The number of rotatable bonds is 6. The molecular weight excluding hydrogens is 456 g/mol. The van der Waals surface area contributed by atoms with Crippen LogP contribution in [-0.4, -0.2) is 29.7 Å². The number of nitrogens with zero attached hydrogens (tertiary/aromatic N) is 1. The number of fused-ring (bicyclic) bond motifs is 4. The van der Waals surface area contributed by atoms with Crippen molar-refractivity contribution in [3.05, 3.63) is 58.6 Å². The molecular formula is C25H25ClN4O4. The maximum atomic E-state index is 13.8. The first-order valence-corrected chi connectivity index (χ1v) is 11.8. The fraction of sp³-hybridized carbons (Fsp3) is 0.360. The van der Waals surface area contributed by atoms with Crippen LogP contribution in [0.5, 0.6) is 0 Å². The first kappa shape index (κ1) is 22.6. The highest BCUT2D eigenvalue weighted by atomic mass is 35.5. The van der Waals surface area contributed by atoms with Gasteiger partial charge in [0, 0.05) is 28.7 Å². The molecule has 5 rings (SSSR count). The van der Waals surface area contributed by atoms with Crippen molar-refractivity contribution in [3.8, 4) is 0 Å². The van der Waals surface area contributed by atoms with Crippen LogP contribution in [0, 0.1) is 11.8 Å². The summed E-state index contributed by atoms with van der Waals surface area (Å²) in [6, 6.07) is 11.5. The van der Waals surface area contributed by atoms with Gasteiger partial charge in [0.2, 0.25) is 23.6 Å². The molecule has 2 fully saturated rings. The van der Waals surface area contributed by atoms with E-state index < -0.39 is 47.0 Å². The highest BCUT2D eigenvalue weighted by molar-refractivity contribution is 6.31. The van der Waals surface area contributed by atoms with Crippen molar-refractivity contribution in [1.82, 2.24) is 5.32 Å². The Morgan fingerprint density at radius 1 is 1.12 bits per heavy atom. The van der Waals surface area contributed by atoms with Gasteiger partial charge in [-0.2, -0.15) is 0 Å². The molecule has 0 aromatic heterocycles. The van der Waals surface area contributed by atoms with Gasteiger partial charge in [0.1, 0.15) is 5.54 Å². The Labute approximate surface area is 201 Å². The smallest absolute Gasteiger partial charge is 0.250 e. The summed E-state index contributed by atoms with van der Waals surface area (Å²) in [7, 11) is 0. The molecule has 0 unspecified atom stereocenters. The van der Waals surface area contributed by atoms with Gasteiger partial charge in [0.25, 0.3) is 0 Å². The molecule has 2 saturated heterocycles. The van der Waals surface area contributed by atoms with E-state index in [9.17, 15) is 19.2 Å². The number of benzene rings is 2. The third-order valence-electron chi connectivity index (χ3n) is 7.11. The fourth-order valence-corrected chi connectivity index (χ4v) is 5.78. The standard InChI is InChI=1S/C25H25ClN4O4/c1-2-3-4-13-5-8-15(9-6-13)30-22(32)20-18(12-19(27)31)29-25(21(20)23(30)33)16-11-14(26)7-10-17(16)28-24(25)34/h5-11,18,20-21,29H,2-4,12H2,1H3,(H2,27,31)(H,28,34)/t18-,20+,21+,25+/m1/s1. The summed E-state index contributed by atoms with van der Waals surface area (Å²) in [5.74, 6) is -3.98. The Morgan fingerprint density at radius 2 is 1.85 bits per heavy atom. The molecule has 2 aromatic rings. The number of primary amides is 1. The van der Waals surface area contributed by atoms with Gasteiger partial charge in [-0.3, -0.25) is 24.5 Å². The lowest BCUT2D eigenvalue weighted by Gasteiger charge is -2.29. The van der Waals surface area contributed by atoms with E-state index in [4.69, 9.17) is 17.3 Å². The summed E-state index contributed by atoms with van der Waals surface area (Å²) in [4.78, 5) is 53.8. The number of carbonyl (C=O) groups is 4. The lowest BCUT2D eigenvalue weighted by atomic mass is 9.76. The quantitative estimate of drug-likeness (QED) is 0.548. The van der Waals surface area contributed by atoms with E-state index in [1.807, 2.05) is 12.1 Å². The molecule has 0 radical (unpaired) electrons. The van der Waals surface area contributed by atoms with Gasteiger partial charge in [-0.25, -0.2) is 4.90 Å². The van der Waals surface area contributed by atoms with Gasteiger partial charge in [-0.1, -0.05) is 37.1 Å². The van der Waals surface area contributed by atoms with E-state index in [0.29, 0.717) is 22.0 Å². The molecule has 2 aromatic carbocycles. The number of imide groups is 1. The Hall–Kier alpha value is -3.23. The summed E-state index contributed by atoms with van der Waals surface area (Å²) in [6.45, 7) is 2.12. The van der Waals surface area contributed by atoms with Gasteiger partial charge < -0.3 is 11.1 Å². The van der Waals surface area contributed by atoms with Crippen molar-refractivity contribution in [2.45, 2.75) is 44.2 Å². The zero-order valence-corrected chi connectivity index (χ0v) is 19.4. The average Bonchev–Trinajstić information content (AvgIpc) is 3.37. The largest absolute Gasteiger partial charge is 0.370 e. The van der Waals surface area contributed by atoms with Crippen LogP contribution in [0.2, 0.25) is 5.02 Å². The number of carbonyl (C=O) groups excluding carboxylic acids is 4. The number of amides is 4. The van der Waals surface area contributed by atoms with E-state index in [-0.39, 0.29) is 6.42 Å². The highest BCUT2D eigenvalue weighted by Gasteiger charge is 2.70. The van der Waals surface area contributed by atoms with Crippen LogP contribution < -0.4 is 21.3 Å². The Morgan fingerprint density at radius 3 is 2.53 bits per heavy atom. The molecule has 34 heavy (non-hydrogen) atoms. The van der Waals surface area contributed by atoms with Crippen LogP contribution >= 0.6 is 11.6 Å². The Balaban J connectivity index is 1.59. The number of unbranched alkanes of at least 4 members (excludes halogenated alkanes) is 1. The average molecular weight is 481 g/mol. The van der Waals surface area contributed by atoms with Crippen LogP contribution in [0.4, 0.5) is 11.4 Å². The minimum atomic E-state index is -1.52. The predicted molar refractivity (Wildman–Crippen MR) is 127 cm³/mol. The number of nitrogens with one attached hydrogen (secondary N) is 2. The first-order chi connectivity index (χ1) is 16.3. The van der Waals surface area contributed by atoms with Gasteiger partial charge in [0.15, 0.2) is 0 Å². The van der Waals surface area contributed by atoms with Crippen molar-refractivity contribution in [2.24, 2.45) is 17.6 Å². The molecule has 4 amide bonds. The predicted octanol–water partition coefficient (Wildman–Crippen LogP) is 2.48. The monoisotopic (exact) mass is 480 g/mol. The molecule has 0 bridgehead atoms. The molecule has 1 spiro atoms. The number of nitrogens with two attached hydrogens (primary N) is 1. The van der Waals surface area contributed by atoms with Crippen molar-refractivity contribution < 1.29 is 19.2 Å². The molecule has 3 heterocycles. The van der Waals surface area contributed by atoms with E-state index >= 15 is 0 Å².